The minimum absolute atomic E-state index is 0.317. The molecule has 1 aromatic rings. The number of tetrazole rings is 1. The third-order valence-electron chi connectivity index (χ3n) is 6.39. The molecule has 7 heteroatoms. The molecule has 4 fully saturated rings. The average molecular weight is 321 g/mol. The van der Waals surface area contributed by atoms with Gasteiger partial charge in [0.1, 0.15) is 0 Å². The molecule has 0 amide bonds. The molecule has 2 saturated carbocycles. The highest BCUT2D eigenvalue weighted by molar-refractivity contribution is 7.86. The maximum absolute atomic E-state index is 12.4. The zero-order valence-electron chi connectivity index (χ0n) is 12.8. The molecule has 0 radical (unpaired) electrons. The second kappa shape index (κ2) is 5.01. The number of hydrogen-bond donors (Lipinski definition) is 0. The van der Waals surface area contributed by atoms with Crippen molar-refractivity contribution in [3.05, 3.63) is 0 Å². The lowest BCUT2D eigenvalue weighted by Crippen LogP contribution is -2.35. The summed E-state index contributed by atoms with van der Waals surface area (Å²) in [4.78, 5) is 2.31. The van der Waals surface area contributed by atoms with Crippen LogP contribution >= 0.6 is 0 Å². The van der Waals surface area contributed by atoms with Gasteiger partial charge >= 0.3 is 0 Å². The van der Waals surface area contributed by atoms with Crippen molar-refractivity contribution in [2.45, 2.75) is 61.5 Å². The molecule has 4 aliphatic rings. The number of rotatable bonds is 2. The summed E-state index contributed by atoms with van der Waals surface area (Å²) in [5, 5.41) is 13.4. The van der Waals surface area contributed by atoms with Gasteiger partial charge in [0.2, 0.25) is 5.95 Å². The van der Waals surface area contributed by atoms with Crippen molar-refractivity contribution in [2.24, 2.45) is 11.8 Å². The molecule has 2 saturated heterocycles. The van der Waals surface area contributed by atoms with Crippen molar-refractivity contribution in [2.75, 3.05) is 18.0 Å². The van der Waals surface area contributed by atoms with E-state index in [2.05, 4.69) is 25.1 Å². The normalized spacial score (nSPS) is 43.7. The Labute approximate surface area is 133 Å². The van der Waals surface area contributed by atoms with Gasteiger partial charge in [-0.2, -0.15) is 0 Å². The third-order valence-corrected chi connectivity index (χ3v) is 8.56. The Hall–Kier alpha value is -0.980. The highest BCUT2D eigenvalue weighted by atomic mass is 32.2. The molecule has 2 aliphatic heterocycles. The number of nitrogens with zero attached hydrogens (tertiary/aromatic N) is 5. The van der Waals surface area contributed by atoms with Crippen LogP contribution < -0.4 is 4.90 Å². The molecule has 0 spiro atoms. The van der Waals surface area contributed by atoms with Gasteiger partial charge in [0.05, 0.1) is 11.3 Å². The zero-order valence-corrected chi connectivity index (χ0v) is 13.6. The van der Waals surface area contributed by atoms with Crippen LogP contribution in [0.2, 0.25) is 0 Å². The highest BCUT2D eigenvalue weighted by Crippen LogP contribution is 2.51. The molecule has 6 nitrogen and oxygen atoms in total. The molecule has 120 valence electrons. The molecule has 2 aliphatic carbocycles. The fraction of sp³-hybridized carbons (Fsp3) is 0.933. The molecule has 0 N–H and O–H groups in total. The summed E-state index contributed by atoms with van der Waals surface area (Å²) in [6.45, 7) is 1.82. The second-order valence-electron chi connectivity index (χ2n) is 7.55. The molecular weight excluding hydrogens is 298 g/mol. The fourth-order valence-electron chi connectivity index (χ4n) is 5.24. The van der Waals surface area contributed by atoms with Gasteiger partial charge < -0.3 is 4.90 Å². The maximum atomic E-state index is 12.4. The van der Waals surface area contributed by atoms with Gasteiger partial charge in [0.15, 0.2) is 0 Å². The molecule has 22 heavy (non-hydrogen) atoms. The Morgan fingerprint density at radius 3 is 2.77 bits per heavy atom. The summed E-state index contributed by atoms with van der Waals surface area (Å²) in [6.07, 6.45) is 8.60. The molecule has 0 aromatic carbocycles. The van der Waals surface area contributed by atoms with E-state index in [9.17, 15) is 4.21 Å². The van der Waals surface area contributed by atoms with Crippen LogP contribution in [0.3, 0.4) is 0 Å². The summed E-state index contributed by atoms with van der Waals surface area (Å²) < 4.78 is 14.5. The Morgan fingerprint density at radius 1 is 1.05 bits per heavy atom. The van der Waals surface area contributed by atoms with Gasteiger partial charge in [0.25, 0.3) is 0 Å². The van der Waals surface area contributed by atoms with Crippen molar-refractivity contribution in [3.8, 4) is 0 Å². The van der Waals surface area contributed by atoms with Crippen molar-refractivity contribution in [3.63, 3.8) is 0 Å². The van der Waals surface area contributed by atoms with Gasteiger partial charge in [-0.25, -0.2) is 4.68 Å². The topological polar surface area (TPSA) is 63.9 Å². The first-order valence-corrected chi connectivity index (χ1v) is 9.99. The van der Waals surface area contributed by atoms with Crippen molar-refractivity contribution < 1.29 is 4.21 Å². The summed E-state index contributed by atoms with van der Waals surface area (Å²) in [5.74, 6) is 2.59. The summed E-state index contributed by atoms with van der Waals surface area (Å²) in [5.41, 5.74) is 0. The van der Waals surface area contributed by atoms with E-state index in [1.165, 1.54) is 25.7 Å². The van der Waals surface area contributed by atoms with Gasteiger partial charge in [-0.1, -0.05) is 11.5 Å². The third kappa shape index (κ3) is 1.97. The van der Waals surface area contributed by atoms with Gasteiger partial charge in [-0.05, 0) is 60.8 Å². The first-order valence-electron chi connectivity index (χ1n) is 8.72. The van der Waals surface area contributed by atoms with E-state index in [1.807, 2.05) is 0 Å². The largest absolute Gasteiger partial charge is 0.338 e. The second-order valence-corrected chi connectivity index (χ2v) is 9.54. The van der Waals surface area contributed by atoms with Gasteiger partial charge in [-0.15, -0.1) is 0 Å². The number of aromatic nitrogens is 4. The van der Waals surface area contributed by atoms with Gasteiger partial charge in [0, 0.05) is 29.1 Å². The van der Waals surface area contributed by atoms with E-state index < -0.39 is 10.8 Å². The van der Waals surface area contributed by atoms with Crippen molar-refractivity contribution in [1.82, 2.24) is 20.2 Å². The number of anilines is 1. The Kier molecular flexibility index (Phi) is 3.06. The average Bonchev–Trinajstić information content (AvgIpc) is 3.25. The lowest BCUT2D eigenvalue weighted by Gasteiger charge is -2.28. The van der Waals surface area contributed by atoms with E-state index in [0.29, 0.717) is 16.5 Å². The fourth-order valence-corrected chi connectivity index (χ4v) is 7.19. The molecule has 1 aromatic heterocycles. The SMILES string of the molecule is O=S1C2CCC1CN(c1nnnn1C1CC3CCC1C3)CC2. The maximum Gasteiger partial charge on any atom is 0.245 e. The van der Waals surface area contributed by atoms with E-state index in [1.54, 1.807) is 0 Å². The monoisotopic (exact) mass is 321 g/mol. The van der Waals surface area contributed by atoms with Crippen molar-refractivity contribution >= 4 is 16.7 Å². The lowest BCUT2D eigenvalue weighted by molar-refractivity contribution is 0.302. The summed E-state index contributed by atoms with van der Waals surface area (Å²) in [6, 6.07) is 0.495. The molecule has 4 bridgehead atoms. The predicted molar refractivity (Wildman–Crippen MR) is 84.1 cm³/mol. The molecular formula is C15H23N5OS. The first-order chi connectivity index (χ1) is 10.8. The summed E-state index contributed by atoms with van der Waals surface area (Å²) in [7, 11) is -0.648. The van der Waals surface area contributed by atoms with Crippen LogP contribution in [0.25, 0.3) is 0 Å². The standard InChI is InChI=1S/C15H23N5OS/c21-22-12-3-4-13(22)9-19(6-5-12)15-16-17-18-20(15)14-8-10-1-2-11(14)7-10/h10-14H,1-9H2. The van der Waals surface area contributed by atoms with Gasteiger partial charge in [-0.3, -0.25) is 4.21 Å². The lowest BCUT2D eigenvalue weighted by atomic mass is 9.95. The minimum Gasteiger partial charge on any atom is -0.338 e. The van der Waals surface area contributed by atoms with Crippen LogP contribution in [0.5, 0.6) is 0 Å². The van der Waals surface area contributed by atoms with E-state index in [4.69, 9.17) is 0 Å². The smallest absolute Gasteiger partial charge is 0.245 e. The molecule has 3 heterocycles. The van der Waals surface area contributed by atoms with Crippen LogP contribution in [0.1, 0.15) is 51.0 Å². The molecule has 6 atom stereocenters. The van der Waals surface area contributed by atoms with Crippen LogP contribution in [0.4, 0.5) is 5.95 Å². The van der Waals surface area contributed by atoms with Crippen LogP contribution in [0.15, 0.2) is 0 Å². The predicted octanol–water partition coefficient (Wildman–Crippen LogP) is 1.52. The van der Waals surface area contributed by atoms with Crippen LogP contribution in [-0.2, 0) is 10.8 Å². The minimum atomic E-state index is -0.648. The van der Waals surface area contributed by atoms with Crippen molar-refractivity contribution in [1.29, 1.82) is 0 Å². The Morgan fingerprint density at radius 2 is 1.95 bits per heavy atom. The van der Waals surface area contributed by atoms with E-state index in [0.717, 1.165) is 50.1 Å². The highest BCUT2D eigenvalue weighted by Gasteiger charge is 2.43. The first kappa shape index (κ1) is 13.5. The zero-order chi connectivity index (χ0) is 14.7. The summed E-state index contributed by atoms with van der Waals surface area (Å²) >= 11 is 0. The number of fused-ring (bicyclic) bond motifs is 4. The van der Waals surface area contributed by atoms with E-state index >= 15 is 0 Å². The van der Waals surface area contributed by atoms with Crippen LogP contribution in [-0.4, -0.2) is 48.0 Å². The molecule has 6 unspecified atom stereocenters. The Balaban J connectivity index is 1.42. The van der Waals surface area contributed by atoms with E-state index in [-0.39, 0.29) is 0 Å². The van der Waals surface area contributed by atoms with Crippen LogP contribution in [0, 0.1) is 11.8 Å². The Bertz CT molecular complexity index is 605. The number of hydrogen-bond acceptors (Lipinski definition) is 5. The quantitative estimate of drug-likeness (QED) is 0.826. The molecule has 5 rings (SSSR count).